The molecule has 1 saturated heterocycles. The van der Waals surface area contributed by atoms with Crippen LogP contribution in [0, 0.1) is 0 Å². The van der Waals surface area contributed by atoms with Gasteiger partial charge in [-0.25, -0.2) is 0 Å². The molecule has 2 aromatic rings. The number of aliphatic hydroxyl groups excluding tert-OH is 1. The summed E-state index contributed by atoms with van der Waals surface area (Å²) in [6.07, 6.45) is 0.291. The van der Waals surface area contributed by atoms with Crippen molar-refractivity contribution in [3.05, 3.63) is 59.7 Å². The van der Waals surface area contributed by atoms with Gasteiger partial charge in [-0.05, 0) is 43.5 Å². The first-order valence-corrected chi connectivity index (χ1v) is 11.3. The number of nitrogens with zero attached hydrogens (tertiary/aromatic N) is 2. The van der Waals surface area contributed by atoms with E-state index in [1.807, 2.05) is 19.1 Å². The van der Waals surface area contributed by atoms with Gasteiger partial charge in [0, 0.05) is 37.8 Å². The van der Waals surface area contributed by atoms with E-state index in [0.29, 0.717) is 29.1 Å². The maximum absolute atomic E-state index is 10.7. The Morgan fingerprint density at radius 1 is 1.16 bits per heavy atom. The Hall–Kier alpha value is -2.77. The summed E-state index contributed by atoms with van der Waals surface area (Å²) in [5.74, 6) is 2.01. The van der Waals surface area contributed by atoms with Crippen LogP contribution in [0.1, 0.15) is 37.5 Å². The zero-order valence-corrected chi connectivity index (χ0v) is 19.5. The molecule has 32 heavy (non-hydrogen) atoms. The van der Waals surface area contributed by atoms with Crippen LogP contribution >= 0.6 is 0 Å². The van der Waals surface area contributed by atoms with Crippen LogP contribution in [0.3, 0.4) is 0 Å². The molecule has 3 atom stereocenters. The number of aliphatic hydroxyl groups is 1. The fraction of sp³-hybridized carbons (Fsp3) is 0.480. The molecule has 3 unspecified atom stereocenters. The molecule has 0 bridgehead atoms. The average molecular weight is 441 g/mol. The van der Waals surface area contributed by atoms with Gasteiger partial charge >= 0.3 is 0 Å². The minimum absolute atomic E-state index is 0.238. The Morgan fingerprint density at radius 3 is 2.47 bits per heavy atom. The third-order valence-electron chi connectivity index (χ3n) is 5.80. The number of guanidine groups is 1. The van der Waals surface area contributed by atoms with Crippen LogP contribution in [-0.2, 0) is 6.54 Å². The van der Waals surface area contributed by atoms with Crippen molar-refractivity contribution in [1.82, 2.24) is 15.5 Å². The van der Waals surface area contributed by atoms with Crippen LogP contribution in [0.5, 0.6) is 11.5 Å². The zero-order valence-electron chi connectivity index (χ0n) is 19.5. The number of likely N-dealkylation sites (tertiary alicyclic amines) is 1. The van der Waals surface area contributed by atoms with E-state index in [1.165, 1.54) is 5.56 Å². The Morgan fingerprint density at radius 2 is 1.84 bits per heavy atom. The predicted octanol–water partition coefficient (Wildman–Crippen LogP) is 2.96. The second-order valence-corrected chi connectivity index (χ2v) is 8.22. The molecule has 1 fully saturated rings. The molecule has 0 radical (unpaired) electrons. The smallest absolute Gasteiger partial charge is 0.191 e. The molecule has 3 N–H and O–H groups in total. The fourth-order valence-corrected chi connectivity index (χ4v) is 4.06. The molecule has 3 rings (SSSR count). The van der Waals surface area contributed by atoms with Gasteiger partial charge in [-0.2, -0.15) is 0 Å². The van der Waals surface area contributed by atoms with E-state index in [4.69, 9.17) is 9.47 Å². The molecule has 0 saturated carbocycles. The minimum atomic E-state index is -0.758. The highest BCUT2D eigenvalue weighted by atomic mass is 16.5. The molecule has 7 heteroatoms. The summed E-state index contributed by atoms with van der Waals surface area (Å²) in [7, 11) is 3.19. The lowest BCUT2D eigenvalue weighted by atomic mass is 10.1. The number of ether oxygens (including phenoxy) is 2. The largest absolute Gasteiger partial charge is 0.497 e. The Kier molecular flexibility index (Phi) is 8.76. The molecule has 1 heterocycles. The fourth-order valence-electron chi connectivity index (χ4n) is 4.06. The van der Waals surface area contributed by atoms with Crippen LogP contribution in [0.25, 0.3) is 0 Å². The molecule has 0 spiro atoms. The van der Waals surface area contributed by atoms with E-state index in [9.17, 15) is 5.11 Å². The lowest BCUT2D eigenvalue weighted by Gasteiger charge is -2.21. The maximum Gasteiger partial charge on any atom is 0.191 e. The van der Waals surface area contributed by atoms with E-state index in [2.05, 4.69) is 57.8 Å². The summed E-state index contributed by atoms with van der Waals surface area (Å²) < 4.78 is 10.6. The number of benzene rings is 2. The number of aliphatic imine (C=N–C) groups is 1. The lowest BCUT2D eigenvalue weighted by molar-refractivity contribution is 0.186. The van der Waals surface area contributed by atoms with E-state index < -0.39 is 6.10 Å². The predicted molar refractivity (Wildman–Crippen MR) is 128 cm³/mol. The van der Waals surface area contributed by atoms with Crippen molar-refractivity contribution in [2.75, 3.05) is 33.9 Å². The molecule has 2 aromatic carbocycles. The van der Waals surface area contributed by atoms with Crippen LogP contribution in [0.15, 0.2) is 53.5 Å². The van der Waals surface area contributed by atoms with Crippen molar-refractivity contribution in [2.45, 2.75) is 45.0 Å². The van der Waals surface area contributed by atoms with Gasteiger partial charge in [0.1, 0.15) is 11.5 Å². The topological polar surface area (TPSA) is 78.4 Å². The van der Waals surface area contributed by atoms with E-state index >= 15 is 0 Å². The van der Waals surface area contributed by atoms with Gasteiger partial charge in [0.2, 0.25) is 0 Å². The summed E-state index contributed by atoms with van der Waals surface area (Å²) in [5, 5.41) is 17.6. The number of rotatable bonds is 9. The highest BCUT2D eigenvalue weighted by molar-refractivity contribution is 5.80. The molecule has 174 valence electrons. The SMILES string of the molecule is CCNC(=NCC(O)c1cc(OC)cc(OC)c1)NC1CC(C)N(Cc2ccccc2)C1. The Balaban J connectivity index is 1.61. The molecule has 1 aliphatic rings. The molecule has 1 aliphatic heterocycles. The minimum Gasteiger partial charge on any atom is -0.497 e. The molecule has 7 nitrogen and oxygen atoms in total. The Bertz CT molecular complexity index is 852. The van der Waals surface area contributed by atoms with E-state index in [0.717, 1.165) is 32.0 Å². The van der Waals surface area contributed by atoms with Gasteiger partial charge in [-0.3, -0.25) is 9.89 Å². The van der Waals surface area contributed by atoms with Gasteiger partial charge < -0.3 is 25.2 Å². The van der Waals surface area contributed by atoms with Gasteiger partial charge in [-0.1, -0.05) is 30.3 Å². The second kappa shape index (κ2) is 11.7. The van der Waals surface area contributed by atoms with Crippen LogP contribution < -0.4 is 20.1 Å². The highest BCUT2D eigenvalue weighted by Crippen LogP contribution is 2.26. The first-order valence-electron chi connectivity index (χ1n) is 11.3. The number of hydrogen-bond donors (Lipinski definition) is 3. The monoisotopic (exact) mass is 440 g/mol. The first kappa shape index (κ1) is 23.9. The summed E-state index contributed by atoms with van der Waals surface area (Å²) in [5.41, 5.74) is 2.04. The number of nitrogens with one attached hydrogen (secondary N) is 2. The van der Waals surface area contributed by atoms with Crippen molar-refractivity contribution in [1.29, 1.82) is 0 Å². The third kappa shape index (κ3) is 6.61. The highest BCUT2D eigenvalue weighted by Gasteiger charge is 2.29. The lowest BCUT2D eigenvalue weighted by Crippen LogP contribution is -2.44. The van der Waals surface area contributed by atoms with Gasteiger partial charge in [0.25, 0.3) is 0 Å². The zero-order chi connectivity index (χ0) is 22.9. The van der Waals surface area contributed by atoms with Crippen molar-refractivity contribution >= 4 is 5.96 Å². The summed E-state index contributed by atoms with van der Waals surface area (Å²) in [4.78, 5) is 7.14. The second-order valence-electron chi connectivity index (χ2n) is 8.22. The summed E-state index contributed by atoms with van der Waals surface area (Å²) >= 11 is 0. The molecular formula is C25H36N4O3. The van der Waals surface area contributed by atoms with E-state index in [1.54, 1.807) is 20.3 Å². The van der Waals surface area contributed by atoms with Crippen LogP contribution in [-0.4, -0.2) is 61.9 Å². The molecule has 0 aromatic heterocycles. The van der Waals surface area contributed by atoms with Gasteiger partial charge in [0.05, 0.1) is 26.9 Å². The van der Waals surface area contributed by atoms with Gasteiger partial charge in [-0.15, -0.1) is 0 Å². The normalized spacial score (nSPS) is 20.1. The first-order chi connectivity index (χ1) is 15.5. The van der Waals surface area contributed by atoms with Crippen molar-refractivity contribution in [2.24, 2.45) is 4.99 Å². The molecule has 0 amide bonds. The van der Waals surface area contributed by atoms with Crippen molar-refractivity contribution < 1.29 is 14.6 Å². The molecular weight excluding hydrogens is 404 g/mol. The van der Waals surface area contributed by atoms with Crippen molar-refractivity contribution in [3.63, 3.8) is 0 Å². The standard InChI is InChI=1S/C25H36N4O3/c1-5-26-25(27-15-24(30)20-12-22(31-3)14-23(13-20)32-4)28-21-11-18(2)29(17-21)16-19-9-7-6-8-10-19/h6-10,12-14,18,21,24,30H,5,11,15-17H2,1-4H3,(H2,26,27,28). The summed E-state index contributed by atoms with van der Waals surface area (Å²) in [6, 6.07) is 16.8. The average Bonchev–Trinajstić information content (AvgIpc) is 3.15. The maximum atomic E-state index is 10.7. The number of methoxy groups -OCH3 is 2. The van der Waals surface area contributed by atoms with E-state index in [-0.39, 0.29) is 6.54 Å². The van der Waals surface area contributed by atoms with Crippen LogP contribution in [0.4, 0.5) is 0 Å². The van der Waals surface area contributed by atoms with Crippen LogP contribution in [0.2, 0.25) is 0 Å². The van der Waals surface area contributed by atoms with Gasteiger partial charge in [0.15, 0.2) is 5.96 Å². The molecule has 0 aliphatic carbocycles. The Labute approximate surface area is 191 Å². The summed E-state index contributed by atoms with van der Waals surface area (Å²) in [6.45, 7) is 7.21. The third-order valence-corrected chi connectivity index (χ3v) is 5.80. The van der Waals surface area contributed by atoms with Crippen molar-refractivity contribution in [3.8, 4) is 11.5 Å². The quantitative estimate of drug-likeness (QED) is 0.411. The number of hydrogen-bond acceptors (Lipinski definition) is 5.